The Hall–Kier alpha value is -2.70. The van der Waals surface area contributed by atoms with Crippen LogP contribution in [0.5, 0.6) is 11.5 Å². The Morgan fingerprint density at radius 3 is 2.59 bits per heavy atom. The third-order valence-corrected chi connectivity index (χ3v) is 5.90. The molecule has 3 aromatic rings. The highest BCUT2D eigenvalue weighted by molar-refractivity contribution is 7.17. The van der Waals surface area contributed by atoms with Crippen LogP contribution in [0.25, 0.3) is 10.6 Å². The van der Waals surface area contributed by atoms with E-state index in [-0.39, 0.29) is 18.1 Å². The zero-order chi connectivity index (χ0) is 21.1. The number of carbonyl (C=O) groups excluding carboxylic acids is 1. The molecular formula is C22H21ClN2O3S. The first kappa shape index (κ1) is 21.0. The third kappa shape index (κ3) is 4.66. The van der Waals surface area contributed by atoms with E-state index >= 15 is 0 Å². The number of hydrogen-bond donors (Lipinski definition) is 1. The molecule has 0 aliphatic carbocycles. The van der Waals surface area contributed by atoms with Crippen molar-refractivity contribution in [2.24, 2.45) is 4.99 Å². The minimum Gasteiger partial charge on any atom is -0.507 e. The maximum absolute atomic E-state index is 12.7. The number of ether oxygens (including phenoxy) is 1. The topological polar surface area (TPSA) is 71.8 Å². The van der Waals surface area contributed by atoms with Crippen LogP contribution in [0.3, 0.4) is 0 Å². The fraction of sp³-hybridized carbons (Fsp3) is 0.227. The lowest BCUT2D eigenvalue weighted by Gasteiger charge is -2.05. The monoisotopic (exact) mass is 428 g/mol. The number of ketones is 1. The van der Waals surface area contributed by atoms with E-state index in [1.807, 2.05) is 39.0 Å². The normalized spacial score (nSPS) is 11.2. The van der Waals surface area contributed by atoms with Gasteiger partial charge in [0.25, 0.3) is 0 Å². The number of carbonyl (C=O) groups is 1. The van der Waals surface area contributed by atoms with Crippen molar-refractivity contribution >= 4 is 34.9 Å². The highest BCUT2D eigenvalue weighted by atomic mass is 35.5. The fourth-order valence-corrected chi connectivity index (χ4v) is 4.17. The summed E-state index contributed by atoms with van der Waals surface area (Å²) in [6.07, 6.45) is 1.65. The van der Waals surface area contributed by atoms with E-state index < -0.39 is 0 Å². The number of nitrogens with zero attached hydrogens (tertiary/aromatic N) is 2. The first-order valence-corrected chi connectivity index (χ1v) is 10.1. The summed E-state index contributed by atoms with van der Waals surface area (Å²) >= 11 is 7.34. The van der Waals surface area contributed by atoms with Crippen molar-refractivity contribution in [1.82, 2.24) is 4.98 Å². The van der Waals surface area contributed by atoms with E-state index in [0.717, 1.165) is 22.3 Å². The van der Waals surface area contributed by atoms with Crippen molar-refractivity contribution in [3.8, 4) is 22.1 Å². The summed E-state index contributed by atoms with van der Waals surface area (Å²) in [4.78, 5) is 22.1. The first-order chi connectivity index (χ1) is 13.8. The molecule has 0 atom stereocenters. The summed E-state index contributed by atoms with van der Waals surface area (Å²) in [6.45, 7) is 5.50. The van der Waals surface area contributed by atoms with E-state index in [1.165, 1.54) is 11.3 Å². The molecule has 0 radical (unpaired) electrons. The van der Waals surface area contributed by atoms with Crippen LogP contribution in [0, 0.1) is 20.8 Å². The molecule has 7 heteroatoms. The molecule has 2 aromatic carbocycles. The lowest BCUT2D eigenvalue weighted by Crippen LogP contribution is -2.03. The van der Waals surface area contributed by atoms with Crippen LogP contribution in [-0.4, -0.2) is 35.7 Å². The molecule has 0 fully saturated rings. The molecule has 0 saturated heterocycles. The molecule has 0 saturated carbocycles. The average Bonchev–Trinajstić information content (AvgIpc) is 3.07. The van der Waals surface area contributed by atoms with Gasteiger partial charge in [-0.2, -0.15) is 0 Å². The Bertz CT molecular complexity index is 1080. The Kier molecular flexibility index (Phi) is 6.35. The van der Waals surface area contributed by atoms with Crippen LogP contribution in [0.2, 0.25) is 5.02 Å². The van der Waals surface area contributed by atoms with Gasteiger partial charge < -0.3 is 9.84 Å². The Labute approximate surface area is 178 Å². The van der Waals surface area contributed by atoms with Crippen molar-refractivity contribution in [2.45, 2.75) is 20.8 Å². The third-order valence-electron chi connectivity index (χ3n) is 4.43. The van der Waals surface area contributed by atoms with E-state index in [0.29, 0.717) is 26.4 Å². The van der Waals surface area contributed by atoms with Crippen molar-refractivity contribution in [2.75, 3.05) is 13.7 Å². The summed E-state index contributed by atoms with van der Waals surface area (Å²) in [5.41, 5.74) is 3.86. The van der Waals surface area contributed by atoms with Crippen LogP contribution < -0.4 is 4.74 Å². The summed E-state index contributed by atoms with van der Waals surface area (Å²) in [5.74, 6) is 0.799. The number of Topliss-reactive ketones (excluding diaryl/α,β-unsaturated/α-hetero) is 1. The maximum Gasteiger partial charge on any atom is 0.196 e. The summed E-state index contributed by atoms with van der Waals surface area (Å²) in [6, 6.07) is 8.99. The molecule has 0 bridgehead atoms. The number of thiazole rings is 1. The molecule has 1 aromatic heterocycles. The first-order valence-electron chi connectivity index (χ1n) is 8.94. The van der Waals surface area contributed by atoms with Crippen LogP contribution >= 0.6 is 22.9 Å². The maximum atomic E-state index is 12.7. The van der Waals surface area contributed by atoms with Gasteiger partial charge in [0.2, 0.25) is 0 Å². The second kappa shape index (κ2) is 8.76. The predicted molar refractivity (Wildman–Crippen MR) is 118 cm³/mol. The molecule has 1 N–H and O–H groups in total. The molecule has 0 amide bonds. The zero-order valence-electron chi connectivity index (χ0n) is 16.6. The molecule has 150 valence electrons. The van der Waals surface area contributed by atoms with Gasteiger partial charge in [0.15, 0.2) is 5.78 Å². The number of rotatable bonds is 6. The Balaban J connectivity index is 1.79. The number of halogens is 1. The van der Waals surface area contributed by atoms with E-state index in [2.05, 4.69) is 9.98 Å². The zero-order valence-corrected chi connectivity index (χ0v) is 18.2. The highest BCUT2D eigenvalue weighted by Gasteiger charge is 2.18. The van der Waals surface area contributed by atoms with Gasteiger partial charge in [0.05, 0.1) is 23.2 Å². The van der Waals surface area contributed by atoms with Gasteiger partial charge in [-0.05, 0) is 67.8 Å². The number of aliphatic imine (C=N–C) groups is 1. The van der Waals surface area contributed by atoms with Gasteiger partial charge in [-0.1, -0.05) is 11.6 Å². The van der Waals surface area contributed by atoms with E-state index in [9.17, 15) is 9.90 Å². The Morgan fingerprint density at radius 2 is 1.93 bits per heavy atom. The molecule has 0 spiro atoms. The van der Waals surface area contributed by atoms with Crippen LogP contribution in [0.1, 0.15) is 32.1 Å². The van der Waals surface area contributed by atoms with Crippen molar-refractivity contribution < 1.29 is 14.6 Å². The van der Waals surface area contributed by atoms with Crippen molar-refractivity contribution in [3.05, 3.63) is 62.6 Å². The molecule has 0 unspecified atom stereocenters. The minimum absolute atomic E-state index is 0.0270. The van der Waals surface area contributed by atoms with Gasteiger partial charge in [-0.3, -0.25) is 9.79 Å². The van der Waals surface area contributed by atoms with Gasteiger partial charge in [-0.25, -0.2) is 4.98 Å². The van der Waals surface area contributed by atoms with Crippen molar-refractivity contribution in [1.29, 1.82) is 0 Å². The quantitative estimate of drug-likeness (QED) is 0.421. The largest absolute Gasteiger partial charge is 0.507 e. The molecular weight excluding hydrogens is 408 g/mol. The second-order valence-corrected chi connectivity index (χ2v) is 8.11. The number of aromatic nitrogens is 1. The highest BCUT2D eigenvalue weighted by Crippen LogP contribution is 2.36. The van der Waals surface area contributed by atoms with Crippen LogP contribution in [0.15, 0.2) is 35.3 Å². The molecule has 0 aliphatic rings. The number of aryl methyl sites for hydroxylation is 3. The lowest BCUT2D eigenvalue weighted by molar-refractivity contribution is 0.100. The number of methoxy groups -OCH3 is 1. The fourth-order valence-electron chi connectivity index (χ4n) is 2.98. The van der Waals surface area contributed by atoms with Crippen molar-refractivity contribution in [3.63, 3.8) is 0 Å². The Morgan fingerprint density at radius 1 is 1.24 bits per heavy atom. The van der Waals surface area contributed by atoms with Gasteiger partial charge >= 0.3 is 0 Å². The van der Waals surface area contributed by atoms with Crippen LogP contribution in [0.4, 0.5) is 0 Å². The summed E-state index contributed by atoms with van der Waals surface area (Å²) < 4.78 is 5.39. The standard InChI is InChI=1S/C22H21ClN2O3S/c1-12-7-15(8-13(2)20(12)27)10-24-11-18(26)21-14(3)25-22(29-21)17-6-5-16(23)9-19(17)28-4/h5-10,27H,11H2,1-4H3. The van der Waals surface area contributed by atoms with Gasteiger partial charge in [0.1, 0.15) is 23.1 Å². The lowest BCUT2D eigenvalue weighted by atomic mass is 10.1. The van der Waals surface area contributed by atoms with Crippen LogP contribution in [-0.2, 0) is 0 Å². The number of phenols is 1. The molecule has 5 nitrogen and oxygen atoms in total. The number of phenolic OH excluding ortho intramolecular Hbond substituents is 1. The summed E-state index contributed by atoms with van der Waals surface area (Å²) in [7, 11) is 1.57. The molecule has 3 rings (SSSR count). The number of benzene rings is 2. The number of aromatic hydroxyl groups is 1. The molecule has 29 heavy (non-hydrogen) atoms. The SMILES string of the molecule is COc1cc(Cl)ccc1-c1nc(C)c(C(=O)CN=Cc2cc(C)c(O)c(C)c2)s1. The smallest absolute Gasteiger partial charge is 0.196 e. The second-order valence-electron chi connectivity index (χ2n) is 6.67. The predicted octanol–water partition coefficient (Wildman–Crippen LogP) is 5.40. The average molecular weight is 429 g/mol. The van der Waals surface area contributed by atoms with E-state index in [4.69, 9.17) is 16.3 Å². The van der Waals surface area contributed by atoms with Gasteiger partial charge in [-0.15, -0.1) is 11.3 Å². The number of hydrogen-bond acceptors (Lipinski definition) is 6. The van der Waals surface area contributed by atoms with Gasteiger partial charge in [0, 0.05) is 11.2 Å². The minimum atomic E-state index is -0.0948. The van der Waals surface area contributed by atoms with E-state index in [1.54, 1.807) is 25.5 Å². The molecule has 0 aliphatic heterocycles. The summed E-state index contributed by atoms with van der Waals surface area (Å²) in [5, 5.41) is 11.1. The molecule has 1 heterocycles.